The Kier molecular flexibility index (Phi) is 4.44. The van der Waals surface area contributed by atoms with Crippen LogP contribution >= 0.6 is 0 Å². The van der Waals surface area contributed by atoms with Crippen molar-refractivity contribution in [1.29, 1.82) is 0 Å². The minimum Gasteiger partial charge on any atom is -0.262 e. The average Bonchev–Trinajstić information content (AvgIpc) is 2.45. The molecule has 24 heavy (non-hydrogen) atoms. The van der Waals surface area contributed by atoms with Gasteiger partial charge in [-0.15, -0.1) is 0 Å². The van der Waals surface area contributed by atoms with E-state index in [-0.39, 0.29) is 6.20 Å². The molecule has 1 aromatic carbocycles. The molecule has 1 aromatic heterocycles. The Bertz CT molecular complexity index is 831. The van der Waals surface area contributed by atoms with Gasteiger partial charge < -0.3 is 0 Å². The molecule has 0 saturated carbocycles. The molecule has 0 fully saturated rings. The molecule has 0 aliphatic heterocycles. The predicted octanol–water partition coefficient (Wildman–Crippen LogP) is 3.32. The molecule has 12 heteroatoms. The first-order valence-electron chi connectivity index (χ1n) is 5.99. The first-order chi connectivity index (χ1) is 10.9. The number of benzene rings is 1. The van der Waals surface area contributed by atoms with E-state index >= 15 is 0 Å². The summed E-state index contributed by atoms with van der Waals surface area (Å²) in [4.78, 5) is 5.07. The molecule has 2 aromatic rings. The molecule has 0 radical (unpaired) electrons. The molecule has 0 unspecified atom stereocenters. The summed E-state index contributed by atoms with van der Waals surface area (Å²) in [5.41, 5.74) is -2.79. The molecule has 1 N–H and O–H groups in total. The summed E-state index contributed by atoms with van der Waals surface area (Å²) < 4.78 is 101. The number of nitrogens with one attached hydrogen (secondary N) is 1. The number of sulfonamides is 1. The number of alkyl halides is 6. The second kappa shape index (κ2) is 5.92. The molecular formula is C12H7F6N3O2S. The summed E-state index contributed by atoms with van der Waals surface area (Å²) in [5, 5.41) is 0. The minimum absolute atomic E-state index is 0.257. The summed E-state index contributed by atoms with van der Waals surface area (Å²) in [6.45, 7) is 0. The topological polar surface area (TPSA) is 72.0 Å². The third kappa shape index (κ3) is 3.93. The first-order valence-corrected chi connectivity index (χ1v) is 7.48. The zero-order valence-electron chi connectivity index (χ0n) is 11.4. The van der Waals surface area contributed by atoms with Gasteiger partial charge in [-0.25, -0.2) is 18.4 Å². The van der Waals surface area contributed by atoms with Gasteiger partial charge in [0.15, 0.2) is 11.5 Å². The maximum absolute atomic E-state index is 12.9. The molecule has 0 saturated heterocycles. The second-order valence-corrected chi connectivity index (χ2v) is 6.03. The fourth-order valence-corrected chi connectivity index (χ4v) is 2.88. The number of nitrogens with zero attached hydrogens (tertiary/aromatic N) is 2. The van der Waals surface area contributed by atoms with Crippen molar-refractivity contribution in [3.8, 4) is 0 Å². The van der Waals surface area contributed by atoms with E-state index < -0.39 is 44.3 Å². The van der Waals surface area contributed by atoms with E-state index in [9.17, 15) is 34.8 Å². The third-order valence-corrected chi connectivity index (χ3v) is 4.08. The molecule has 0 aliphatic carbocycles. The lowest BCUT2D eigenvalue weighted by molar-refractivity contribution is -0.141. The van der Waals surface area contributed by atoms with E-state index in [4.69, 9.17) is 0 Å². The van der Waals surface area contributed by atoms with E-state index in [0.717, 1.165) is 12.1 Å². The van der Waals surface area contributed by atoms with Crippen molar-refractivity contribution in [3.05, 3.63) is 47.9 Å². The standard InChI is InChI=1S/C12H7F6N3O2S/c13-11(14,15)7-3-1-2-4-8(7)24(22,23)21-10-6-19-9(5-20-10)12(16,17)18/h1-6H,(H,20,21). The quantitative estimate of drug-likeness (QED) is 0.841. The molecule has 130 valence electrons. The summed E-state index contributed by atoms with van der Waals surface area (Å²) in [5.74, 6) is -0.653. The number of hydrogen-bond donors (Lipinski definition) is 1. The first kappa shape index (κ1) is 18.0. The second-order valence-electron chi connectivity index (χ2n) is 4.38. The highest BCUT2D eigenvalue weighted by Gasteiger charge is 2.37. The lowest BCUT2D eigenvalue weighted by atomic mass is 10.2. The fourth-order valence-electron chi connectivity index (χ4n) is 1.65. The van der Waals surface area contributed by atoms with Gasteiger partial charge in [-0.3, -0.25) is 4.72 Å². The van der Waals surface area contributed by atoms with Crippen molar-refractivity contribution in [3.63, 3.8) is 0 Å². The van der Waals surface area contributed by atoms with Crippen LogP contribution in [-0.2, 0) is 22.4 Å². The van der Waals surface area contributed by atoms with Crippen LogP contribution in [0.1, 0.15) is 11.3 Å². The van der Waals surface area contributed by atoms with Crippen LogP contribution in [0.3, 0.4) is 0 Å². The van der Waals surface area contributed by atoms with E-state index in [1.807, 2.05) is 0 Å². The van der Waals surface area contributed by atoms with Crippen molar-refractivity contribution < 1.29 is 34.8 Å². The van der Waals surface area contributed by atoms with E-state index in [2.05, 4.69) is 9.97 Å². The number of hydrogen-bond acceptors (Lipinski definition) is 4. The largest absolute Gasteiger partial charge is 0.434 e. The molecule has 0 atom stereocenters. The lowest BCUT2D eigenvalue weighted by Crippen LogP contribution is -2.20. The smallest absolute Gasteiger partial charge is 0.262 e. The van der Waals surface area contributed by atoms with Crippen molar-refractivity contribution in [1.82, 2.24) is 9.97 Å². The van der Waals surface area contributed by atoms with Gasteiger partial charge in [-0.05, 0) is 12.1 Å². The Morgan fingerprint density at radius 2 is 1.50 bits per heavy atom. The summed E-state index contributed by atoms with van der Waals surface area (Å²) in [7, 11) is -4.73. The molecule has 0 bridgehead atoms. The van der Waals surface area contributed by atoms with E-state index in [1.54, 1.807) is 4.72 Å². The fraction of sp³-hybridized carbons (Fsp3) is 0.167. The maximum atomic E-state index is 12.9. The Labute approximate surface area is 131 Å². The van der Waals surface area contributed by atoms with Gasteiger partial charge in [-0.2, -0.15) is 26.3 Å². The van der Waals surface area contributed by atoms with Crippen LogP contribution in [0.15, 0.2) is 41.6 Å². The van der Waals surface area contributed by atoms with E-state index in [0.29, 0.717) is 18.3 Å². The highest BCUT2D eigenvalue weighted by Crippen LogP contribution is 2.34. The van der Waals surface area contributed by atoms with Crippen LogP contribution < -0.4 is 4.72 Å². The van der Waals surface area contributed by atoms with Crippen LogP contribution in [0.5, 0.6) is 0 Å². The molecule has 2 rings (SSSR count). The van der Waals surface area contributed by atoms with Crippen LogP contribution in [0.25, 0.3) is 0 Å². The van der Waals surface area contributed by atoms with E-state index in [1.165, 1.54) is 0 Å². The number of rotatable bonds is 3. The van der Waals surface area contributed by atoms with Crippen molar-refractivity contribution >= 4 is 15.8 Å². The lowest BCUT2D eigenvalue weighted by Gasteiger charge is -2.14. The zero-order chi connectivity index (χ0) is 18.2. The minimum atomic E-state index is -4.93. The van der Waals surface area contributed by atoms with Gasteiger partial charge in [0.25, 0.3) is 10.0 Å². The Balaban J connectivity index is 2.37. The Morgan fingerprint density at radius 3 is 2.00 bits per heavy atom. The number of aromatic nitrogens is 2. The molecule has 0 amide bonds. The van der Waals surface area contributed by atoms with Gasteiger partial charge in [0.1, 0.15) is 0 Å². The van der Waals surface area contributed by atoms with Crippen molar-refractivity contribution in [2.24, 2.45) is 0 Å². The molecule has 1 heterocycles. The average molecular weight is 371 g/mol. The molecule has 0 spiro atoms. The van der Waals surface area contributed by atoms with Crippen LogP contribution in [0.4, 0.5) is 32.2 Å². The summed E-state index contributed by atoms with van der Waals surface area (Å²) in [6.07, 6.45) is -9.01. The van der Waals surface area contributed by atoms with Crippen molar-refractivity contribution in [2.45, 2.75) is 17.2 Å². The zero-order valence-corrected chi connectivity index (χ0v) is 12.2. The van der Waals surface area contributed by atoms with Gasteiger partial charge in [0.2, 0.25) is 0 Å². The monoisotopic (exact) mass is 371 g/mol. The maximum Gasteiger partial charge on any atom is 0.434 e. The predicted molar refractivity (Wildman–Crippen MR) is 69.3 cm³/mol. The van der Waals surface area contributed by atoms with Gasteiger partial charge in [-0.1, -0.05) is 12.1 Å². The van der Waals surface area contributed by atoms with Crippen LogP contribution in [0.2, 0.25) is 0 Å². The van der Waals surface area contributed by atoms with Gasteiger partial charge >= 0.3 is 12.4 Å². The third-order valence-electron chi connectivity index (χ3n) is 2.66. The summed E-state index contributed by atoms with van der Waals surface area (Å²) in [6, 6.07) is 3.34. The molecule has 5 nitrogen and oxygen atoms in total. The Hall–Kier alpha value is -2.37. The van der Waals surface area contributed by atoms with Gasteiger partial charge in [0, 0.05) is 0 Å². The molecular weight excluding hydrogens is 364 g/mol. The number of halogens is 6. The summed E-state index contributed by atoms with van der Waals surface area (Å²) >= 11 is 0. The van der Waals surface area contributed by atoms with Crippen molar-refractivity contribution in [2.75, 3.05) is 4.72 Å². The highest BCUT2D eigenvalue weighted by atomic mass is 32.2. The molecule has 0 aliphatic rings. The SMILES string of the molecule is O=S(=O)(Nc1cnc(C(F)(F)F)cn1)c1ccccc1C(F)(F)F. The highest BCUT2D eigenvalue weighted by molar-refractivity contribution is 7.92. The normalized spacial score (nSPS) is 12.9. The number of anilines is 1. The van der Waals surface area contributed by atoms with Crippen LogP contribution in [-0.4, -0.2) is 18.4 Å². The van der Waals surface area contributed by atoms with Crippen LogP contribution in [0, 0.1) is 0 Å². The Morgan fingerprint density at radius 1 is 0.875 bits per heavy atom. The van der Waals surface area contributed by atoms with Gasteiger partial charge in [0.05, 0.1) is 22.9 Å².